The first kappa shape index (κ1) is 20.2. The van der Waals surface area contributed by atoms with E-state index in [0.29, 0.717) is 6.54 Å². The Kier molecular flexibility index (Phi) is 7.68. The zero-order valence-electron chi connectivity index (χ0n) is 15.4. The lowest BCUT2D eigenvalue weighted by molar-refractivity contribution is 0.139. The van der Waals surface area contributed by atoms with Crippen molar-refractivity contribution in [1.82, 2.24) is 9.62 Å². The highest BCUT2D eigenvalue weighted by molar-refractivity contribution is 7.89. The topological polar surface area (TPSA) is 67.9 Å². The van der Waals surface area contributed by atoms with Crippen molar-refractivity contribution in [2.24, 2.45) is 5.92 Å². The van der Waals surface area contributed by atoms with E-state index in [4.69, 9.17) is 9.47 Å². The van der Waals surface area contributed by atoms with Gasteiger partial charge in [0.2, 0.25) is 10.0 Å². The van der Waals surface area contributed by atoms with Crippen LogP contribution in [0.2, 0.25) is 0 Å². The molecule has 1 unspecified atom stereocenters. The summed E-state index contributed by atoms with van der Waals surface area (Å²) in [6.07, 6.45) is 2.28. The smallest absolute Gasteiger partial charge is 0.213 e. The van der Waals surface area contributed by atoms with Crippen molar-refractivity contribution in [1.29, 1.82) is 0 Å². The van der Waals surface area contributed by atoms with E-state index in [2.05, 4.69) is 16.5 Å². The normalized spacial score (nSPS) is 18.2. The summed E-state index contributed by atoms with van der Waals surface area (Å²) < 4.78 is 37.1. The van der Waals surface area contributed by atoms with Crippen molar-refractivity contribution < 1.29 is 17.9 Å². The molecule has 0 bridgehead atoms. The van der Waals surface area contributed by atoms with Gasteiger partial charge in [0.1, 0.15) is 5.75 Å². The van der Waals surface area contributed by atoms with E-state index in [1.165, 1.54) is 7.11 Å². The molecule has 0 radical (unpaired) electrons. The van der Waals surface area contributed by atoms with E-state index in [-0.39, 0.29) is 18.4 Å². The number of likely N-dealkylation sites (tertiary alicyclic amines) is 1. The Hall–Kier alpha value is -1.15. The summed E-state index contributed by atoms with van der Waals surface area (Å²) in [5.74, 6) is 1.51. The number of nitrogens with zero attached hydrogens (tertiary/aromatic N) is 1. The first-order valence-electron chi connectivity index (χ1n) is 8.79. The molecule has 1 aliphatic rings. The number of hydrogen-bond acceptors (Lipinski definition) is 5. The third-order valence-corrected chi connectivity index (χ3v) is 6.12. The van der Waals surface area contributed by atoms with Crippen LogP contribution in [0.5, 0.6) is 5.75 Å². The molecule has 1 fully saturated rings. The van der Waals surface area contributed by atoms with Crippen molar-refractivity contribution in [2.45, 2.75) is 25.8 Å². The van der Waals surface area contributed by atoms with Gasteiger partial charge in [-0.25, -0.2) is 13.1 Å². The lowest BCUT2D eigenvalue weighted by atomic mass is 9.96. The number of methoxy groups -OCH3 is 2. The van der Waals surface area contributed by atoms with Gasteiger partial charge in [-0.2, -0.15) is 0 Å². The minimum Gasteiger partial charge on any atom is -0.497 e. The fraction of sp³-hybridized carbons (Fsp3) is 0.667. The second-order valence-corrected chi connectivity index (χ2v) is 8.59. The van der Waals surface area contributed by atoms with Gasteiger partial charge in [-0.1, -0.05) is 19.1 Å². The maximum absolute atomic E-state index is 12.1. The molecule has 1 aliphatic heterocycles. The quantitative estimate of drug-likeness (QED) is 0.720. The molecule has 7 heteroatoms. The molecule has 1 atom stereocenters. The standard InChI is InChI=1S/C18H30N2O4S/c1-15-8-10-20(11-9-15)18(14-19-25(21,22)13-12-23-2)16-4-6-17(24-3)7-5-16/h4-7,15,18-19H,8-14H2,1-3H3. The van der Waals surface area contributed by atoms with Gasteiger partial charge >= 0.3 is 0 Å². The zero-order valence-corrected chi connectivity index (χ0v) is 16.2. The number of hydrogen-bond donors (Lipinski definition) is 1. The highest BCUT2D eigenvalue weighted by Gasteiger charge is 2.26. The molecule has 1 saturated heterocycles. The molecule has 142 valence electrons. The van der Waals surface area contributed by atoms with Crippen LogP contribution < -0.4 is 9.46 Å². The monoisotopic (exact) mass is 370 g/mol. The van der Waals surface area contributed by atoms with Crippen LogP contribution in [0, 0.1) is 5.92 Å². The maximum Gasteiger partial charge on any atom is 0.213 e. The molecule has 0 aromatic heterocycles. The van der Waals surface area contributed by atoms with Crippen molar-refractivity contribution >= 4 is 10.0 Å². The number of nitrogens with one attached hydrogen (secondary N) is 1. The summed E-state index contributed by atoms with van der Waals surface area (Å²) in [5, 5.41) is 0. The minimum absolute atomic E-state index is 0.0180. The molecule has 0 amide bonds. The maximum atomic E-state index is 12.1. The Labute approximate surface area is 151 Å². The predicted octanol–water partition coefficient (Wildman–Crippen LogP) is 2.03. The Bertz CT molecular complexity index is 610. The van der Waals surface area contributed by atoms with Gasteiger partial charge in [-0.3, -0.25) is 4.90 Å². The number of ether oxygens (including phenoxy) is 2. The molecule has 1 aromatic rings. The Balaban J connectivity index is 2.11. The van der Waals surface area contributed by atoms with Gasteiger partial charge in [0.05, 0.1) is 19.5 Å². The van der Waals surface area contributed by atoms with E-state index in [1.807, 2.05) is 24.3 Å². The first-order chi connectivity index (χ1) is 11.9. The Morgan fingerprint density at radius 3 is 2.40 bits per heavy atom. The lowest BCUT2D eigenvalue weighted by Crippen LogP contribution is -2.42. The van der Waals surface area contributed by atoms with Crippen LogP contribution in [0.15, 0.2) is 24.3 Å². The van der Waals surface area contributed by atoms with E-state index in [1.54, 1.807) is 7.11 Å². The van der Waals surface area contributed by atoms with Crippen molar-refractivity contribution in [3.8, 4) is 5.75 Å². The summed E-state index contributed by atoms with van der Waals surface area (Å²) in [7, 11) is -0.190. The van der Waals surface area contributed by atoms with Crippen LogP contribution in [0.25, 0.3) is 0 Å². The van der Waals surface area contributed by atoms with Crippen LogP contribution in [0.1, 0.15) is 31.4 Å². The largest absolute Gasteiger partial charge is 0.497 e. The first-order valence-corrected chi connectivity index (χ1v) is 10.4. The van der Waals surface area contributed by atoms with Gasteiger partial charge in [0, 0.05) is 19.7 Å². The highest BCUT2D eigenvalue weighted by atomic mass is 32.2. The fourth-order valence-electron chi connectivity index (χ4n) is 3.10. The number of piperidine rings is 1. The van der Waals surface area contributed by atoms with Gasteiger partial charge in [0.25, 0.3) is 0 Å². The average Bonchev–Trinajstić information content (AvgIpc) is 2.62. The van der Waals surface area contributed by atoms with Crippen molar-refractivity contribution in [3.05, 3.63) is 29.8 Å². The lowest BCUT2D eigenvalue weighted by Gasteiger charge is -2.37. The molecule has 2 rings (SSSR count). The minimum atomic E-state index is -3.34. The molecule has 0 saturated carbocycles. The van der Waals surface area contributed by atoms with E-state index >= 15 is 0 Å². The van der Waals surface area contributed by atoms with E-state index in [0.717, 1.165) is 43.2 Å². The summed E-state index contributed by atoms with van der Waals surface area (Å²) in [4.78, 5) is 2.38. The van der Waals surface area contributed by atoms with Crippen LogP contribution in [-0.2, 0) is 14.8 Å². The molecule has 1 heterocycles. The summed E-state index contributed by atoms with van der Waals surface area (Å²) in [6.45, 7) is 4.80. The SMILES string of the molecule is COCCS(=O)(=O)NCC(c1ccc(OC)cc1)N1CCC(C)CC1. The third kappa shape index (κ3) is 6.26. The molecule has 6 nitrogen and oxygen atoms in total. The van der Waals surface area contributed by atoms with Gasteiger partial charge in [0.15, 0.2) is 0 Å². The second-order valence-electron chi connectivity index (χ2n) is 6.67. The summed E-state index contributed by atoms with van der Waals surface area (Å²) in [5.41, 5.74) is 1.10. The Morgan fingerprint density at radius 2 is 1.84 bits per heavy atom. The molecule has 0 aliphatic carbocycles. The second kappa shape index (κ2) is 9.52. The molecule has 25 heavy (non-hydrogen) atoms. The van der Waals surface area contributed by atoms with Crippen LogP contribution >= 0.6 is 0 Å². The van der Waals surface area contributed by atoms with Gasteiger partial charge in [-0.05, 0) is 49.5 Å². The number of rotatable bonds is 9. The average molecular weight is 371 g/mol. The third-order valence-electron chi connectivity index (χ3n) is 4.81. The van der Waals surface area contributed by atoms with Crippen molar-refractivity contribution in [3.63, 3.8) is 0 Å². The number of benzene rings is 1. The van der Waals surface area contributed by atoms with Crippen LogP contribution in [-0.4, -0.2) is 59.5 Å². The molecule has 0 spiro atoms. The Morgan fingerprint density at radius 1 is 1.20 bits per heavy atom. The molecular formula is C18H30N2O4S. The zero-order chi connectivity index (χ0) is 18.3. The van der Waals surface area contributed by atoms with Gasteiger partial charge in [-0.15, -0.1) is 0 Å². The molecular weight excluding hydrogens is 340 g/mol. The summed E-state index contributed by atoms with van der Waals surface area (Å²) in [6, 6.07) is 7.91. The number of sulfonamides is 1. The van der Waals surface area contributed by atoms with Gasteiger partial charge < -0.3 is 9.47 Å². The molecule has 1 N–H and O–H groups in total. The van der Waals surface area contributed by atoms with E-state index in [9.17, 15) is 8.42 Å². The van der Waals surface area contributed by atoms with Crippen LogP contribution in [0.3, 0.4) is 0 Å². The molecule has 1 aromatic carbocycles. The van der Waals surface area contributed by atoms with E-state index < -0.39 is 10.0 Å². The summed E-state index contributed by atoms with van der Waals surface area (Å²) >= 11 is 0. The van der Waals surface area contributed by atoms with Crippen molar-refractivity contribution in [2.75, 3.05) is 46.2 Å². The fourth-order valence-corrected chi connectivity index (χ4v) is 4.04. The predicted molar refractivity (Wildman–Crippen MR) is 99.4 cm³/mol. The highest BCUT2D eigenvalue weighted by Crippen LogP contribution is 2.27. The van der Waals surface area contributed by atoms with Crippen LogP contribution in [0.4, 0.5) is 0 Å².